The standard InChI is InChI=1S/C15H15NO4/c1-19-13-4-2-11(3-5-13)9-20-10-12-6-7-16-14(8-12)15(17)18/h2-8H,9-10H2,1H3,(H,17,18). The first-order valence-electron chi connectivity index (χ1n) is 6.08. The van der Waals surface area contributed by atoms with E-state index in [1.165, 1.54) is 12.3 Å². The Kier molecular flexibility index (Phi) is 4.68. The van der Waals surface area contributed by atoms with Crippen LogP contribution in [0.1, 0.15) is 21.6 Å². The second-order valence-electron chi connectivity index (χ2n) is 4.20. The highest BCUT2D eigenvalue weighted by Crippen LogP contribution is 2.13. The van der Waals surface area contributed by atoms with E-state index in [1.807, 2.05) is 24.3 Å². The molecule has 0 aliphatic rings. The van der Waals surface area contributed by atoms with Gasteiger partial charge in [-0.1, -0.05) is 12.1 Å². The van der Waals surface area contributed by atoms with Gasteiger partial charge in [0.1, 0.15) is 11.4 Å². The number of nitrogens with zero attached hydrogens (tertiary/aromatic N) is 1. The van der Waals surface area contributed by atoms with Gasteiger partial charge in [-0.3, -0.25) is 0 Å². The smallest absolute Gasteiger partial charge is 0.354 e. The van der Waals surface area contributed by atoms with E-state index in [9.17, 15) is 4.79 Å². The molecule has 0 unspecified atom stereocenters. The summed E-state index contributed by atoms with van der Waals surface area (Å²) in [5.41, 5.74) is 1.83. The molecule has 1 heterocycles. The van der Waals surface area contributed by atoms with Crippen molar-refractivity contribution in [1.82, 2.24) is 4.98 Å². The Morgan fingerprint density at radius 2 is 1.85 bits per heavy atom. The van der Waals surface area contributed by atoms with E-state index in [1.54, 1.807) is 13.2 Å². The van der Waals surface area contributed by atoms with E-state index in [0.717, 1.165) is 16.9 Å². The molecule has 1 aromatic heterocycles. The predicted molar refractivity (Wildman–Crippen MR) is 72.7 cm³/mol. The van der Waals surface area contributed by atoms with Gasteiger partial charge in [0.15, 0.2) is 0 Å². The number of benzene rings is 1. The monoisotopic (exact) mass is 273 g/mol. The molecule has 0 saturated heterocycles. The van der Waals surface area contributed by atoms with Crippen molar-refractivity contribution < 1.29 is 19.4 Å². The number of carboxylic acid groups (broad SMARTS) is 1. The first-order valence-corrected chi connectivity index (χ1v) is 6.08. The van der Waals surface area contributed by atoms with Crippen molar-refractivity contribution in [2.75, 3.05) is 7.11 Å². The fourth-order valence-corrected chi connectivity index (χ4v) is 1.69. The van der Waals surface area contributed by atoms with Crippen LogP contribution in [0.2, 0.25) is 0 Å². The molecule has 20 heavy (non-hydrogen) atoms. The van der Waals surface area contributed by atoms with Gasteiger partial charge in [0.05, 0.1) is 20.3 Å². The number of aromatic carboxylic acids is 1. The Morgan fingerprint density at radius 3 is 2.50 bits per heavy atom. The van der Waals surface area contributed by atoms with E-state index < -0.39 is 5.97 Å². The number of carbonyl (C=O) groups is 1. The minimum absolute atomic E-state index is 0.0237. The Hall–Kier alpha value is -2.40. The van der Waals surface area contributed by atoms with Crippen LogP contribution in [0.4, 0.5) is 0 Å². The fourth-order valence-electron chi connectivity index (χ4n) is 1.69. The molecular weight excluding hydrogens is 258 g/mol. The lowest BCUT2D eigenvalue weighted by molar-refractivity contribution is 0.0689. The summed E-state index contributed by atoms with van der Waals surface area (Å²) >= 11 is 0. The number of pyridine rings is 1. The topological polar surface area (TPSA) is 68.7 Å². The van der Waals surface area contributed by atoms with E-state index in [2.05, 4.69) is 4.98 Å². The predicted octanol–water partition coefficient (Wildman–Crippen LogP) is 2.51. The van der Waals surface area contributed by atoms with E-state index in [4.69, 9.17) is 14.6 Å². The van der Waals surface area contributed by atoms with Crippen molar-refractivity contribution in [1.29, 1.82) is 0 Å². The van der Waals surface area contributed by atoms with Crippen LogP contribution in [0.3, 0.4) is 0 Å². The van der Waals surface area contributed by atoms with E-state index in [0.29, 0.717) is 13.2 Å². The molecule has 0 saturated carbocycles. The number of hydrogen-bond acceptors (Lipinski definition) is 4. The molecule has 1 aromatic carbocycles. The molecule has 0 fully saturated rings. The summed E-state index contributed by atoms with van der Waals surface area (Å²) in [6.07, 6.45) is 1.47. The third kappa shape index (κ3) is 3.80. The Labute approximate surface area is 116 Å². The summed E-state index contributed by atoms with van der Waals surface area (Å²) in [5.74, 6) is -0.240. The van der Waals surface area contributed by atoms with Gasteiger partial charge in [-0.15, -0.1) is 0 Å². The second kappa shape index (κ2) is 6.68. The largest absolute Gasteiger partial charge is 0.497 e. The summed E-state index contributed by atoms with van der Waals surface area (Å²) < 4.78 is 10.6. The summed E-state index contributed by atoms with van der Waals surface area (Å²) in [6, 6.07) is 10.8. The van der Waals surface area contributed by atoms with Gasteiger partial charge in [-0.05, 0) is 35.4 Å². The molecule has 2 aromatic rings. The lowest BCUT2D eigenvalue weighted by atomic mass is 10.2. The molecule has 104 valence electrons. The van der Waals surface area contributed by atoms with Gasteiger partial charge in [0, 0.05) is 6.20 Å². The lowest BCUT2D eigenvalue weighted by Crippen LogP contribution is -2.02. The number of carboxylic acids is 1. The molecule has 5 heteroatoms. The molecule has 0 spiro atoms. The Balaban J connectivity index is 1.88. The van der Waals surface area contributed by atoms with Crippen molar-refractivity contribution >= 4 is 5.97 Å². The molecule has 0 atom stereocenters. The second-order valence-corrected chi connectivity index (χ2v) is 4.20. The zero-order valence-corrected chi connectivity index (χ0v) is 11.1. The maximum atomic E-state index is 10.8. The van der Waals surface area contributed by atoms with Gasteiger partial charge in [-0.2, -0.15) is 0 Å². The molecular formula is C15H15NO4. The van der Waals surface area contributed by atoms with Crippen LogP contribution in [0.5, 0.6) is 5.75 Å². The SMILES string of the molecule is COc1ccc(COCc2ccnc(C(=O)O)c2)cc1. The summed E-state index contributed by atoms with van der Waals surface area (Å²) in [7, 11) is 1.62. The number of rotatable bonds is 6. The fraction of sp³-hybridized carbons (Fsp3) is 0.200. The van der Waals surface area contributed by atoms with Gasteiger partial charge in [0.2, 0.25) is 0 Å². The van der Waals surface area contributed by atoms with Crippen molar-refractivity contribution in [2.24, 2.45) is 0 Å². The number of hydrogen-bond donors (Lipinski definition) is 1. The molecule has 0 amide bonds. The first kappa shape index (κ1) is 14.0. The molecule has 1 N–H and O–H groups in total. The lowest BCUT2D eigenvalue weighted by Gasteiger charge is -2.06. The normalized spacial score (nSPS) is 10.2. The average Bonchev–Trinajstić information content (AvgIpc) is 2.48. The van der Waals surface area contributed by atoms with Crippen LogP contribution < -0.4 is 4.74 Å². The molecule has 0 bridgehead atoms. The van der Waals surface area contributed by atoms with Crippen LogP contribution in [-0.4, -0.2) is 23.2 Å². The Morgan fingerprint density at radius 1 is 1.15 bits per heavy atom. The van der Waals surface area contributed by atoms with Crippen LogP contribution >= 0.6 is 0 Å². The quantitative estimate of drug-likeness (QED) is 0.875. The molecule has 5 nitrogen and oxygen atoms in total. The molecule has 0 aliphatic heterocycles. The van der Waals surface area contributed by atoms with Crippen molar-refractivity contribution in [3.63, 3.8) is 0 Å². The minimum atomic E-state index is -1.04. The third-order valence-electron chi connectivity index (χ3n) is 2.74. The third-order valence-corrected chi connectivity index (χ3v) is 2.74. The maximum Gasteiger partial charge on any atom is 0.354 e. The van der Waals surface area contributed by atoms with Crippen LogP contribution in [0.15, 0.2) is 42.6 Å². The summed E-state index contributed by atoms with van der Waals surface area (Å²) in [4.78, 5) is 14.5. The van der Waals surface area contributed by atoms with Crippen LogP contribution in [0.25, 0.3) is 0 Å². The summed E-state index contributed by atoms with van der Waals surface area (Å²) in [5, 5.41) is 8.85. The number of ether oxygens (including phenoxy) is 2. The number of methoxy groups -OCH3 is 1. The zero-order valence-electron chi connectivity index (χ0n) is 11.1. The number of aromatic nitrogens is 1. The van der Waals surface area contributed by atoms with E-state index in [-0.39, 0.29) is 5.69 Å². The molecule has 2 rings (SSSR count). The van der Waals surface area contributed by atoms with Gasteiger partial charge in [-0.25, -0.2) is 9.78 Å². The maximum absolute atomic E-state index is 10.8. The van der Waals surface area contributed by atoms with Crippen molar-refractivity contribution in [3.05, 3.63) is 59.4 Å². The van der Waals surface area contributed by atoms with Crippen LogP contribution in [-0.2, 0) is 18.0 Å². The molecule has 0 aliphatic carbocycles. The average molecular weight is 273 g/mol. The van der Waals surface area contributed by atoms with Gasteiger partial charge >= 0.3 is 5.97 Å². The first-order chi connectivity index (χ1) is 9.69. The molecule has 0 radical (unpaired) electrons. The highest BCUT2D eigenvalue weighted by atomic mass is 16.5. The van der Waals surface area contributed by atoms with Crippen LogP contribution in [0, 0.1) is 0 Å². The van der Waals surface area contributed by atoms with Crippen molar-refractivity contribution in [2.45, 2.75) is 13.2 Å². The van der Waals surface area contributed by atoms with Crippen molar-refractivity contribution in [3.8, 4) is 5.75 Å². The minimum Gasteiger partial charge on any atom is -0.497 e. The Bertz CT molecular complexity index is 581. The highest BCUT2D eigenvalue weighted by molar-refractivity contribution is 5.85. The van der Waals surface area contributed by atoms with Gasteiger partial charge < -0.3 is 14.6 Å². The summed E-state index contributed by atoms with van der Waals surface area (Å²) in [6.45, 7) is 0.795. The van der Waals surface area contributed by atoms with E-state index >= 15 is 0 Å². The zero-order chi connectivity index (χ0) is 14.4. The van der Waals surface area contributed by atoms with Gasteiger partial charge in [0.25, 0.3) is 0 Å². The highest BCUT2D eigenvalue weighted by Gasteiger charge is 2.05.